The van der Waals surface area contributed by atoms with Crippen molar-refractivity contribution in [3.8, 4) is 0 Å². The highest BCUT2D eigenvalue weighted by atomic mass is 127. The lowest BCUT2D eigenvalue weighted by atomic mass is 10.1. The molecule has 0 bridgehead atoms. The van der Waals surface area contributed by atoms with Gasteiger partial charge >= 0.3 is 0 Å². The van der Waals surface area contributed by atoms with E-state index < -0.39 is 0 Å². The van der Waals surface area contributed by atoms with Crippen LogP contribution in [-0.4, -0.2) is 43.6 Å². The van der Waals surface area contributed by atoms with Gasteiger partial charge in [-0.1, -0.05) is 0 Å². The number of aliphatic imine (C=N–C) groups is 1. The van der Waals surface area contributed by atoms with E-state index in [-0.39, 0.29) is 30.0 Å². The maximum absolute atomic E-state index is 4.48. The van der Waals surface area contributed by atoms with Gasteiger partial charge in [-0.25, -0.2) is 0 Å². The number of rotatable bonds is 6. The molecule has 0 aromatic carbocycles. The summed E-state index contributed by atoms with van der Waals surface area (Å²) in [5, 5.41) is 19.3. The standard InChI is InChI=1S/C16H28N8.HI/c1-7-24-10-19-21-15(24)9-18-16(17-5)20-11(2)8-14-12(3)22-23(6)13(14)4;/h10-11H,7-9H2,1-6H3,(H2,17,18,20);1H. The van der Waals surface area contributed by atoms with Crippen LogP contribution in [0.2, 0.25) is 0 Å². The fourth-order valence-electron chi connectivity index (χ4n) is 2.74. The van der Waals surface area contributed by atoms with E-state index in [9.17, 15) is 0 Å². The first kappa shape index (κ1) is 21.4. The minimum absolute atomic E-state index is 0. The number of hydrogen-bond donors (Lipinski definition) is 2. The second-order valence-electron chi connectivity index (χ2n) is 5.98. The first-order chi connectivity index (χ1) is 11.5. The summed E-state index contributed by atoms with van der Waals surface area (Å²) in [5.41, 5.74) is 3.58. The van der Waals surface area contributed by atoms with Crippen molar-refractivity contribution < 1.29 is 0 Å². The zero-order valence-corrected chi connectivity index (χ0v) is 18.2. The number of halogens is 1. The molecule has 2 aromatic rings. The van der Waals surface area contributed by atoms with Gasteiger partial charge in [0.25, 0.3) is 0 Å². The molecule has 1 atom stereocenters. The van der Waals surface area contributed by atoms with Crippen molar-refractivity contribution in [2.75, 3.05) is 7.05 Å². The molecule has 9 heteroatoms. The van der Waals surface area contributed by atoms with Crippen molar-refractivity contribution in [1.29, 1.82) is 0 Å². The molecule has 0 spiro atoms. The molecule has 140 valence electrons. The summed E-state index contributed by atoms with van der Waals surface area (Å²) in [6.07, 6.45) is 2.64. The summed E-state index contributed by atoms with van der Waals surface area (Å²) in [5.74, 6) is 1.65. The van der Waals surface area contributed by atoms with E-state index in [0.29, 0.717) is 6.54 Å². The zero-order chi connectivity index (χ0) is 17.7. The minimum atomic E-state index is 0. The largest absolute Gasteiger partial charge is 0.354 e. The maximum atomic E-state index is 4.48. The van der Waals surface area contributed by atoms with Crippen LogP contribution in [0, 0.1) is 13.8 Å². The molecular formula is C16H29IN8. The van der Waals surface area contributed by atoms with Crippen LogP contribution in [0.4, 0.5) is 0 Å². The van der Waals surface area contributed by atoms with Gasteiger partial charge in [0.15, 0.2) is 11.8 Å². The van der Waals surface area contributed by atoms with E-state index in [4.69, 9.17) is 0 Å². The third-order valence-corrected chi connectivity index (χ3v) is 4.23. The van der Waals surface area contributed by atoms with Gasteiger partial charge in [-0.05, 0) is 39.7 Å². The molecule has 0 aliphatic heterocycles. The Morgan fingerprint density at radius 2 is 2.08 bits per heavy atom. The average Bonchev–Trinajstić information content (AvgIpc) is 3.11. The van der Waals surface area contributed by atoms with Gasteiger partial charge in [-0.2, -0.15) is 5.10 Å². The van der Waals surface area contributed by atoms with Gasteiger partial charge in [-0.15, -0.1) is 34.2 Å². The number of aromatic nitrogens is 5. The Kier molecular flexibility index (Phi) is 8.33. The fraction of sp³-hybridized carbons (Fsp3) is 0.625. The van der Waals surface area contributed by atoms with Gasteiger partial charge < -0.3 is 15.2 Å². The Morgan fingerprint density at radius 1 is 1.36 bits per heavy atom. The molecule has 2 N–H and O–H groups in total. The second-order valence-corrected chi connectivity index (χ2v) is 5.98. The Labute approximate surface area is 166 Å². The zero-order valence-electron chi connectivity index (χ0n) is 15.9. The van der Waals surface area contributed by atoms with Crippen LogP contribution in [0.3, 0.4) is 0 Å². The highest BCUT2D eigenvalue weighted by Gasteiger charge is 2.14. The lowest BCUT2D eigenvalue weighted by Crippen LogP contribution is -2.43. The van der Waals surface area contributed by atoms with Crippen LogP contribution in [0.1, 0.15) is 36.6 Å². The molecule has 0 aliphatic carbocycles. The summed E-state index contributed by atoms with van der Waals surface area (Å²) < 4.78 is 3.94. The molecular weight excluding hydrogens is 431 g/mol. The molecule has 2 aromatic heterocycles. The normalized spacial score (nSPS) is 12.6. The molecule has 0 radical (unpaired) electrons. The van der Waals surface area contributed by atoms with Crippen LogP contribution >= 0.6 is 24.0 Å². The topological polar surface area (TPSA) is 84.9 Å². The van der Waals surface area contributed by atoms with Gasteiger partial charge in [0.05, 0.1) is 12.2 Å². The molecule has 0 aliphatic rings. The van der Waals surface area contributed by atoms with Crippen LogP contribution in [0.5, 0.6) is 0 Å². The lowest BCUT2D eigenvalue weighted by Gasteiger charge is -2.18. The molecule has 0 fully saturated rings. The van der Waals surface area contributed by atoms with Gasteiger partial charge in [0.2, 0.25) is 0 Å². The summed E-state index contributed by atoms with van der Waals surface area (Å²) >= 11 is 0. The molecule has 25 heavy (non-hydrogen) atoms. The Balaban J connectivity index is 0.00000312. The molecule has 2 rings (SSSR count). The molecule has 0 amide bonds. The van der Waals surface area contributed by atoms with Crippen LogP contribution in [-0.2, 0) is 26.6 Å². The highest BCUT2D eigenvalue weighted by molar-refractivity contribution is 14.0. The number of hydrogen-bond acceptors (Lipinski definition) is 4. The maximum Gasteiger partial charge on any atom is 0.191 e. The second kappa shape index (κ2) is 9.73. The highest BCUT2D eigenvalue weighted by Crippen LogP contribution is 2.14. The van der Waals surface area contributed by atoms with E-state index in [2.05, 4.69) is 58.6 Å². The SMILES string of the molecule is CCn1cnnc1CNC(=NC)NC(C)Cc1c(C)nn(C)c1C.I. The van der Waals surface area contributed by atoms with Crippen molar-refractivity contribution >= 4 is 29.9 Å². The number of guanidine groups is 1. The Hall–Kier alpha value is -1.65. The molecule has 1 unspecified atom stereocenters. The summed E-state index contributed by atoms with van der Waals surface area (Å²) in [4.78, 5) is 4.29. The van der Waals surface area contributed by atoms with Crippen molar-refractivity contribution in [3.63, 3.8) is 0 Å². The van der Waals surface area contributed by atoms with Crippen LogP contribution in [0.15, 0.2) is 11.3 Å². The monoisotopic (exact) mass is 460 g/mol. The van der Waals surface area contributed by atoms with E-state index in [1.165, 1.54) is 11.3 Å². The molecule has 8 nitrogen and oxygen atoms in total. The van der Waals surface area contributed by atoms with E-state index in [1.807, 2.05) is 16.3 Å². The number of aryl methyl sites for hydroxylation is 3. The predicted molar refractivity (Wildman–Crippen MR) is 110 cm³/mol. The smallest absolute Gasteiger partial charge is 0.191 e. The third-order valence-electron chi connectivity index (χ3n) is 4.23. The van der Waals surface area contributed by atoms with Gasteiger partial charge in [0.1, 0.15) is 6.33 Å². The van der Waals surface area contributed by atoms with Crippen molar-refractivity contribution in [3.05, 3.63) is 29.1 Å². The summed E-state index contributed by atoms with van der Waals surface area (Å²) in [7, 11) is 3.75. The molecule has 0 saturated heterocycles. The summed E-state index contributed by atoms with van der Waals surface area (Å²) in [6.45, 7) is 9.82. The Bertz CT molecular complexity index is 703. The minimum Gasteiger partial charge on any atom is -0.354 e. The first-order valence-electron chi connectivity index (χ1n) is 8.29. The van der Waals surface area contributed by atoms with Gasteiger partial charge in [-0.3, -0.25) is 9.67 Å². The van der Waals surface area contributed by atoms with Crippen LogP contribution < -0.4 is 10.6 Å². The van der Waals surface area contributed by atoms with E-state index in [0.717, 1.165) is 30.4 Å². The van der Waals surface area contributed by atoms with Crippen LogP contribution in [0.25, 0.3) is 0 Å². The van der Waals surface area contributed by atoms with E-state index in [1.54, 1.807) is 13.4 Å². The van der Waals surface area contributed by atoms with Crippen molar-refractivity contribution in [2.24, 2.45) is 12.0 Å². The quantitative estimate of drug-likeness (QED) is 0.389. The summed E-state index contributed by atoms with van der Waals surface area (Å²) in [6, 6.07) is 0.238. The van der Waals surface area contributed by atoms with Gasteiger partial charge in [0, 0.05) is 32.4 Å². The predicted octanol–water partition coefficient (Wildman–Crippen LogP) is 1.56. The molecule has 2 heterocycles. The van der Waals surface area contributed by atoms with Crippen molar-refractivity contribution in [1.82, 2.24) is 35.2 Å². The number of nitrogens with zero attached hydrogens (tertiary/aromatic N) is 6. The number of nitrogens with one attached hydrogen (secondary N) is 2. The average molecular weight is 460 g/mol. The van der Waals surface area contributed by atoms with E-state index >= 15 is 0 Å². The Morgan fingerprint density at radius 3 is 2.64 bits per heavy atom. The first-order valence-corrected chi connectivity index (χ1v) is 8.29. The lowest BCUT2D eigenvalue weighted by molar-refractivity contribution is 0.622. The molecule has 0 saturated carbocycles. The fourth-order valence-corrected chi connectivity index (χ4v) is 2.74. The third kappa shape index (κ3) is 5.41. The van der Waals surface area contributed by atoms with Crippen molar-refractivity contribution in [2.45, 2.75) is 53.2 Å².